The molecule has 0 saturated heterocycles. The van der Waals surface area contributed by atoms with Crippen LogP contribution in [0.15, 0.2) is 24.3 Å². The van der Waals surface area contributed by atoms with Crippen molar-refractivity contribution in [3.8, 4) is 0 Å². The molecule has 0 aliphatic heterocycles. The minimum atomic E-state index is -4.13. The maximum absolute atomic E-state index is 13.3. The van der Waals surface area contributed by atoms with Gasteiger partial charge in [-0.2, -0.15) is 13.2 Å². The van der Waals surface area contributed by atoms with Crippen LogP contribution in [0.1, 0.15) is 49.1 Å². The third kappa shape index (κ3) is 3.06. The highest BCUT2D eigenvalue weighted by molar-refractivity contribution is 5.26. The maximum Gasteiger partial charge on any atom is 0.396 e. The van der Waals surface area contributed by atoms with Gasteiger partial charge >= 0.3 is 6.18 Å². The number of benzene rings is 1. The molecule has 0 spiro atoms. The van der Waals surface area contributed by atoms with E-state index in [0.717, 1.165) is 24.8 Å². The first-order chi connectivity index (χ1) is 8.48. The minimum Gasteiger partial charge on any atom is -0.170 e. The van der Waals surface area contributed by atoms with Gasteiger partial charge in [0.05, 0.1) is 5.92 Å². The summed E-state index contributed by atoms with van der Waals surface area (Å²) < 4.78 is 39.9. The molecule has 1 aromatic carbocycles. The summed E-state index contributed by atoms with van der Waals surface area (Å²) in [7, 11) is 0. The minimum absolute atomic E-state index is 0.235. The van der Waals surface area contributed by atoms with E-state index >= 15 is 0 Å². The van der Waals surface area contributed by atoms with Gasteiger partial charge in [0.15, 0.2) is 0 Å². The summed E-state index contributed by atoms with van der Waals surface area (Å²) in [4.78, 5) is 0. The average molecular weight is 256 g/mol. The Morgan fingerprint density at radius 1 is 1.00 bits per heavy atom. The quantitative estimate of drug-likeness (QED) is 0.680. The van der Waals surface area contributed by atoms with Gasteiger partial charge in [-0.25, -0.2) is 0 Å². The zero-order valence-electron chi connectivity index (χ0n) is 10.6. The molecule has 1 atom stereocenters. The van der Waals surface area contributed by atoms with E-state index < -0.39 is 12.1 Å². The molecule has 1 aromatic rings. The maximum atomic E-state index is 13.3. The van der Waals surface area contributed by atoms with E-state index in [0.29, 0.717) is 18.4 Å². The van der Waals surface area contributed by atoms with Crippen molar-refractivity contribution in [2.24, 2.45) is 5.92 Å². The number of alkyl halides is 3. The first kappa shape index (κ1) is 13.4. The van der Waals surface area contributed by atoms with E-state index in [4.69, 9.17) is 0 Å². The van der Waals surface area contributed by atoms with Gasteiger partial charge in [0.25, 0.3) is 0 Å². The predicted octanol–water partition coefficient (Wildman–Crippen LogP) is 5.22. The lowest BCUT2D eigenvalue weighted by Crippen LogP contribution is -2.29. The Hall–Kier alpha value is -0.990. The monoisotopic (exact) mass is 256 g/mol. The van der Waals surface area contributed by atoms with E-state index in [2.05, 4.69) is 0 Å². The summed E-state index contributed by atoms with van der Waals surface area (Å²) in [6.07, 6.45) is 0.231. The lowest BCUT2D eigenvalue weighted by Gasteiger charge is -2.32. The normalized spacial score (nSPS) is 19.8. The second-order valence-electron chi connectivity index (χ2n) is 5.33. The molecule has 1 aliphatic rings. The molecule has 0 aromatic heterocycles. The summed E-state index contributed by atoms with van der Waals surface area (Å²) in [6, 6.07) is 6.83. The zero-order valence-corrected chi connectivity index (χ0v) is 10.6. The Morgan fingerprint density at radius 3 is 2.06 bits per heavy atom. The molecule has 0 radical (unpaired) electrons. The van der Waals surface area contributed by atoms with Crippen LogP contribution < -0.4 is 0 Å². The van der Waals surface area contributed by atoms with Gasteiger partial charge in [-0.3, -0.25) is 0 Å². The fourth-order valence-corrected chi connectivity index (χ4v) is 2.97. The van der Waals surface area contributed by atoms with Crippen LogP contribution in [0.2, 0.25) is 0 Å². The van der Waals surface area contributed by atoms with E-state index in [1.54, 1.807) is 24.3 Å². The van der Waals surface area contributed by atoms with Crippen LogP contribution in [0.3, 0.4) is 0 Å². The third-order valence-electron chi connectivity index (χ3n) is 3.91. The molecule has 0 amide bonds. The van der Waals surface area contributed by atoms with Crippen molar-refractivity contribution in [3.05, 3.63) is 35.4 Å². The van der Waals surface area contributed by atoms with Crippen molar-refractivity contribution < 1.29 is 13.2 Å². The van der Waals surface area contributed by atoms with Crippen molar-refractivity contribution in [1.82, 2.24) is 0 Å². The molecule has 1 aliphatic carbocycles. The summed E-state index contributed by atoms with van der Waals surface area (Å²) in [5.41, 5.74) is 1.43. The van der Waals surface area contributed by atoms with Crippen LogP contribution in [0.5, 0.6) is 0 Å². The van der Waals surface area contributed by atoms with Gasteiger partial charge in [0, 0.05) is 0 Å². The smallest absolute Gasteiger partial charge is 0.170 e. The summed E-state index contributed by atoms with van der Waals surface area (Å²) in [5.74, 6) is -1.51. The topological polar surface area (TPSA) is 0 Å². The molecule has 100 valence electrons. The highest BCUT2D eigenvalue weighted by atomic mass is 19.4. The standard InChI is InChI=1S/C15H19F3/c1-11-7-9-13(10-8-11)14(15(16,17)18)12-5-3-2-4-6-12/h7-10,12,14H,2-6H2,1H3. The lowest BCUT2D eigenvalue weighted by molar-refractivity contribution is -0.164. The Labute approximate surface area is 106 Å². The van der Waals surface area contributed by atoms with Crippen LogP contribution in [-0.2, 0) is 0 Å². The van der Waals surface area contributed by atoms with Gasteiger partial charge < -0.3 is 0 Å². The molecule has 0 bridgehead atoms. The Kier molecular flexibility index (Phi) is 3.98. The Bertz CT molecular complexity index is 372. The Morgan fingerprint density at radius 2 is 1.56 bits per heavy atom. The molecular formula is C15H19F3. The van der Waals surface area contributed by atoms with Gasteiger partial charge in [-0.1, -0.05) is 49.1 Å². The molecule has 1 fully saturated rings. The molecule has 2 rings (SSSR count). The molecule has 0 N–H and O–H groups in total. The molecule has 18 heavy (non-hydrogen) atoms. The van der Waals surface area contributed by atoms with E-state index in [-0.39, 0.29) is 5.92 Å². The van der Waals surface area contributed by atoms with E-state index in [1.807, 2.05) is 6.92 Å². The van der Waals surface area contributed by atoms with Crippen LogP contribution in [0, 0.1) is 12.8 Å². The third-order valence-corrected chi connectivity index (χ3v) is 3.91. The van der Waals surface area contributed by atoms with Gasteiger partial charge in [0.2, 0.25) is 0 Å². The number of hydrogen-bond acceptors (Lipinski definition) is 0. The largest absolute Gasteiger partial charge is 0.396 e. The molecular weight excluding hydrogens is 237 g/mol. The molecule has 0 nitrogen and oxygen atoms in total. The summed E-state index contributed by atoms with van der Waals surface area (Å²) >= 11 is 0. The second-order valence-corrected chi connectivity index (χ2v) is 5.33. The van der Waals surface area contributed by atoms with Crippen molar-refractivity contribution in [2.45, 2.75) is 51.1 Å². The number of halogens is 3. The van der Waals surface area contributed by atoms with Gasteiger partial charge in [-0.15, -0.1) is 0 Å². The molecule has 0 heterocycles. The number of rotatable bonds is 2. The van der Waals surface area contributed by atoms with Gasteiger partial charge in [-0.05, 0) is 31.2 Å². The number of hydrogen-bond donors (Lipinski definition) is 0. The SMILES string of the molecule is Cc1ccc(C(C2CCCCC2)C(F)(F)F)cc1. The van der Waals surface area contributed by atoms with Crippen molar-refractivity contribution in [1.29, 1.82) is 0 Å². The van der Waals surface area contributed by atoms with Crippen LogP contribution in [-0.4, -0.2) is 6.18 Å². The highest BCUT2D eigenvalue weighted by Gasteiger charge is 2.45. The fourth-order valence-electron chi connectivity index (χ4n) is 2.97. The lowest BCUT2D eigenvalue weighted by atomic mass is 9.76. The first-order valence-electron chi connectivity index (χ1n) is 6.62. The van der Waals surface area contributed by atoms with Crippen molar-refractivity contribution in [3.63, 3.8) is 0 Å². The molecule has 3 heteroatoms. The Balaban J connectivity index is 2.27. The van der Waals surface area contributed by atoms with Gasteiger partial charge in [0.1, 0.15) is 0 Å². The van der Waals surface area contributed by atoms with E-state index in [1.165, 1.54) is 0 Å². The highest BCUT2D eigenvalue weighted by Crippen LogP contribution is 2.45. The first-order valence-corrected chi connectivity index (χ1v) is 6.62. The van der Waals surface area contributed by atoms with Crippen LogP contribution in [0.25, 0.3) is 0 Å². The molecule has 1 saturated carbocycles. The zero-order chi connectivity index (χ0) is 13.2. The van der Waals surface area contributed by atoms with Crippen molar-refractivity contribution in [2.75, 3.05) is 0 Å². The second kappa shape index (κ2) is 5.33. The fraction of sp³-hybridized carbons (Fsp3) is 0.600. The summed E-state index contributed by atoms with van der Waals surface area (Å²) in [6.45, 7) is 1.90. The van der Waals surface area contributed by atoms with E-state index in [9.17, 15) is 13.2 Å². The average Bonchev–Trinajstić information content (AvgIpc) is 2.32. The van der Waals surface area contributed by atoms with Crippen LogP contribution in [0.4, 0.5) is 13.2 Å². The van der Waals surface area contributed by atoms with Crippen LogP contribution >= 0.6 is 0 Å². The molecule has 1 unspecified atom stereocenters. The predicted molar refractivity (Wildman–Crippen MR) is 66.6 cm³/mol. The van der Waals surface area contributed by atoms with Crippen molar-refractivity contribution >= 4 is 0 Å². The number of aryl methyl sites for hydroxylation is 1. The summed E-state index contributed by atoms with van der Waals surface area (Å²) in [5, 5.41) is 0.